The number of ether oxygens (including phenoxy) is 2. The van der Waals surface area contributed by atoms with Gasteiger partial charge in [0.05, 0.1) is 18.6 Å². The molecule has 1 aliphatic heterocycles. The molecular formula is C18H27NO4. The van der Waals surface area contributed by atoms with Crippen molar-refractivity contribution in [1.82, 2.24) is 0 Å². The van der Waals surface area contributed by atoms with E-state index < -0.39 is 11.8 Å². The summed E-state index contributed by atoms with van der Waals surface area (Å²) in [6.07, 6.45) is 5.70. The Balaban J connectivity index is 0.000000203. The van der Waals surface area contributed by atoms with Crippen LogP contribution in [0.3, 0.4) is 0 Å². The minimum absolute atomic E-state index is 0.0694. The van der Waals surface area contributed by atoms with Crippen LogP contribution in [0.1, 0.15) is 51.0 Å². The van der Waals surface area contributed by atoms with Crippen LogP contribution in [0.5, 0.6) is 0 Å². The third-order valence-electron chi connectivity index (χ3n) is 4.24. The summed E-state index contributed by atoms with van der Waals surface area (Å²) < 4.78 is 11.5. The van der Waals surface area contributed by atoms with Gasteiger partial charge in [-0.05, 0) is 25.3 Å². The van der Waals surface area contributed by atoms with Crippen LogP contribution in [0.25, 0.3) is 0 Å². The molecule has 0 amide bonds. The van der Waals surface area contributed by atoms with E-state index in [2.05, 4.69) is 0 Å². The average Bonchev–Trinajstić information content (AvgIpc) is 2.68. The topological polar surface area (TPSA) is 81.8 Å². The highest BCUT2D eigenvalue weighted by molar-refractivity contribution is 5.67. The number of hydrogen-bond donors (Lipinski definition) is 2. The molecule has 0 spiro atoms. The summed E-state index contributed by atoms with van der Waals surface area (Å²) in [5.41, 5.74) is 6.54. The minimum atomic E-state index is -0.904. The molecule has 1 saturated heterocycles. The highest BCUT2D eigenvalue weighted by Crippen LogP contribution is 2.37. The Hall–Kier alpha value is -1.43. The fraction of sp³-hybridized carbons (Fsp3) is 0.611. The molecule has 1 aliphatic carbocycles. The van der Waals surface area contributed by atoms with Crippen LogP contribution in [0.4, 0.5) is 0 Å². The molecule has 5 nitrogen and oxygen atoms in total. The van der Waals surface area contributed by atoms with E-state index in [1.807, 2.05) is 30.3 Å². The van der Waals surface area contributed by atoms with Gasteiger partial charge in [-0.25, -0.2) is 0 Å². The normalized spacial score (nSPS) is 25.7. The minimum Gasteiger partial charge on any atom is -0.481 e. The molecule has 3 rings (SSSR count). The Morgan fingerprint density at radius 2 is 1.74 bits per heavy atom. The maximum absolute atomic E-state index is 10.7. The van der Waals surface area contributed by atoms with Crippen molar-refractivity contribution in [3.05, 3.63) is 35.9 Å². The van der Waals surface area contributed by atoms with Gasteiger partial charge in [-0.2, -0.15) is 0 Å². The summed E-state index contributed by atoms with van der Waals surface area (Å²) in [4.78, 5) is 10.7. The molecule has 3 N–H and O–H groups in total. The fourth-order valence-corrected chi connectivity index (χ4v) is 3.15. The van der Waals surface area contributed by atoms with Gasteiger partial charge < -0.3 is 20.3 Å². The smallest absolute Gasteiger partial charge is 0.308 e. The number of rotatable bonds is 3. The first kappa shape index (κ1) is 17.9. The zero-order valence-corrected chi connectivity index (χ0v) is 13.7. The number of carbonyl (C=O) groups is 1. The zero-order valence-electron chi connectivity index (χ0n) is 13.7. The van der Waals surface area contributed by atoms with Gasteiger partial charge in [0, 0.05) is 6.54 Å². The Kier molecular flexibility index (Phi) is 6.57. The predicted molar refractivity (Wildman–Crippen MR) is 87.8 cm³/mol. The summed E-state index contributed by atoms with van der Waals surface area (Å²) in [5, 5.41) is 8.77. The second kappa shape index (κ2) is 8.43. The summed E-state index contributed by atoms with van der Waals surface area (Å²) >= 11 is 0. The molecule has 5 heteroatoms. The molecule has 1 saturated carbocycles. The van der Waals surface area contributed by atoms with E-state index in [1.165, 1.54) is 12.0 Å². The molecule has 1 heterocycles. The van der Waals surface area contributed by atoms with Crippen molar-refractivity contribution >= 4 is 5.97 Å². The lowest BCUT2D eigenvalue weighted by Crippen LogP contribution is -2.30. The SMILES string of the molecule is CC1(CC(=O)O)O[C@@H]2CCCCC[C@H]2O1.NCc1ccccc1. The van der Waals surface area contributed by atoms with Crippen molar-refractivity contribution in [3.63, 3.8) is 0 Å². The summed E-state index contributed by atoms with van der Waals surface area (Å²) in [5.74, 6) is -1.77. The van der Waals surface area contributed by atoms with Crippen LogP contribution in [0.2, 0.25) is 0 Å². The van der Waals surface area contributed by atoms with Crippen LogP contribution in [-0.4, -0.2) is 29.1 Å². The van der Waals surface area contributed by atoms with Crippen molar-refractivity contribution in [1.29, 1.82) is 0 Å². The van der Waals surface area contributed by atoms with Crippen LogP contribution >= 0.6 is 0 Å². The first-order valence-electron chi connectivity index (χ1n) is 8.34. The quantitative estimate of drug-likeness (QED) is 0.894. The molecule has 0 aromatic heterocycles. The number of fused-ring (bicyclic) bond motifs is 1. The maximum Gasteiger partial charge on any atom is 0.308 e. The van der Waals surface area contributed by atoms with Crippen molar-refractivity contribution in [2.75, 3.05) is 0 Å². The largest absolute Gasteiger partial charge is 0.481 e. The van der Waals surface area contributed by atoms with E-state index in [1.54, 1.807) is 6.92 Å². The van der Waals surface area contributed by atoms with Crippen LogP contribution < -0.4 is 5.73 Å². The van der Waals surface area contributed by atoms with Gasteiger partial charge in [-0.15, -0.1) is 0 Å². The monoisotopic (exact) mass is 321 g/mol. The van der Waals surface area contributed by atoms with Gasteiger partial charge >= 0.3 is 5.97 Å². The maximum atomic E-state index is 10.7. The van der Waals surface area contributed by atoms with Gasteiger partial charge in [0.2, 0.25) is 0 Å². The van der Waals surface area contributed by atoms with Crippen LogP contribution in [-0.2, 0) is 20.8 Å². The Bertz CT molecular complexity index is 477. The lowest BCUT2D eigenvalue weighted by atomic mass is 10.1. The molecule has 0 unspecified atom stereocenters. The fourth-order valence-electron chi connectivity index (χ4n) is 3.15. The second-order valence-corrected chi connectivity index (χ2v) is 6.34. The number of benzene rings is 1. The van der Waals surface area contributed by atoms with E-state index in [-0.39, 0.29) is 18.6 Å². The van der Waals surface area contributed by atoms with E-state index in [0.29, 0.717) is 6.54 Å². The first-order valence-corrected chi connectivity index (χ1v) is 8.34. The lowest BCUT2D eigenvalue weighted by molar-refractivity contribution is -0.181. The second-order valence-electron chi connectivity index (χ2n) is 6.34. The highest BCUT2D eigenvalue weighted by atomic mass is 16.8. The predicted octanol–water partition coefficient (Wildman–Crippen LogP) is 3.07. The molecule has 128 valence electrons. The van der Waals surface area contributed by atoms with Crippen LogP contribution in [0, 0.1) is 0 Å². The number of hydrogen-bond acceptors (Lipinski definition) is 4. The van der Waals surface area contributed by atoms with Crippen molar-refractivity contribution in [2.45, 2.75) is 70.0 Å². The number of carboxylic acid groups (broad SMARTS) is 1. The molecular weight excluding hydrogens is 294 g/mol. The Morgan fingerprint density at radius 1 is 1.17 bits per heavy atom. The van der Waals surface area contributed by atoms with E-state index in [0.717, 1.165) is 25.7 Å². The standard InChI is InChI=1S/C11H18O4.C7H9N/c1-11(7-10(12)13)14-8-5-3-2-4-6-9(8)15-11;8-6-7-4-2-1-3-5-7/h8-9H,2-7H2,1H3,(H,12,13);1-5H,6,8H2/t8-,9-;/m1./s1. The zero-order chi connectivity index (χ0) is 16.7. The molecule has 2 aliphatic rings. The molecule has 23 heavy (non-hydrogen) atoms. The van der Waals surface area contributed by atoms with Gasteiger partial charge in [0.15, 0.2) is 5.79 Å². The highest BCUT2D eigenvalue weighted by Gasteiger charge is 2.45. The van der Waals surface area contributed by atoms with Crippen molar-refractivity contribution in [2.24, 2.45) is 5.73 Å². The van der Waals surface area contributed by atoms with Gasteiger partial charge in [0.25, 0.3) is 0 Å². The number of aliphatic carboxylic acids is 1. The first-order chi connectivity index (χ1) is 11.0. The van der Waals surface area contributed by atoms with Crippen molar-refractivity contribution < 1.29 is 19.4 Å². The molecule has 0 radical (unpaired) electrons. The summed E-state index contributed by atoms with van der Waals surface area (Å²) in [6.45, 7) is 2.37. The van der Waals surface area contributed by atoms with E-state index >= 15 is 0 Å². The molecule has 2 fully saturated rings. The van der Waals surface area contributed by atoms with Gasteiger partial charge in [0.1, 0.15) is 0 Å². The van der Waals surface area contributed by atoms with Crippen molar-refractivity contribution in [3.8, 4) is 0 Å². The lowest BCUT2D eigenvalue weighted by Gasteiger charge is -2.21. The molecule has 2 atom stereocenters. The van der Waals surface area contributed by atoms with E-state index in [4.69, 9.17) is 20.3 Å². The number of nitrogens with two attached hydrogens (primary N) is 1. The molecule has 1 aromatic carbocycles. The van der Waals surface area contributed by atoms with E-state index in [9.17, 15) is 4.79 Å². The molecule has 1 aromatic rings. The van der Waals surface area contributed by atoms with Gasteiger partial charge in [-0.3, -0.25) is 4.79 Å². The summed E-state index contributed by atoms with van der Waals surface area (Å²) in [7, 11) is 0. The third kappa shape index (κ3) is 5.61. The Morgan fingerprint density at radius 3 is 2.17 bits per heavy atom. The third-order valence-corrected chi connectivity index (χ3v) is 4.24. The van der Waals surface area contributed by atoms with Gasteiger partial charge in [-0.1, -0.05) is 49.6 Å². The average molecular weight is 321 g/mol. The molecule has 0 bridgehead atoms. The van der Waals surface area contributed by atoms with Crippen LogP contribution in [0.15, 0.2) is 30.3 Å². The number of carboxylic acids is 1. The Labute approximate surface area is 137 Å². The summed E-state index contributed by atoms with van der Waals surface area (Å²) in [6, 6.07) is 9.99.